The Morgan fingerprint density at radius 1 is 0.882 bits per heavy atom. The minimum Gasteiger partial charge on any atom is -0.481 e. The molecule has 34 heavy (non-hydrogen) atoms. The van der Waals surface area contributed by atoms with Crippen LogP contribution >= 0.6 is 0 Å². The predicted molar refractivity (Wildman–Crippen MR) is 133 cm³/mol. The highest BCUT2D eigenvalue weighted by Crippen LogP contribution is 2.76. The Kier molecular flexibility index (Phi) is 5.42. The van der Waals surface area contributed by atoms with Crippen molar-refractivity contribution in [1.29, 1.82) is 0 Å². The number of cyclic esters (lactones) is 1. The van der Waals surface area contributed by atoms with Crippen molar-refractivity contribution in [3.05, 3.63) is 0 Å². The minimum absolute atomic E-state index is 0.0307. The molecule has 0 bridgehead atoms. The lowest BCUT2D eigenvalue weighted by Gasteiger charge is -2.71. The normalized spacial score (nSPS) is 52.0. The van der Waals surface area contributed by atoms with Gasteiger partial charge >= 0.3 is 11.9 Å². The number of carbonyl (C=O) groups is 2. The van der Waals surface area contributed by atoms with Gasteiger partial charge in [0.1, 0.15) is 5.60 Å². The summed E-state index contributed by atoms with van der Waals surface area (Å²) < 4.78 is 6.01. The number of esters is 1. The van der Waals surface area contributed by atoms with Crippen molar-refractivity contribution >= 4 is 11.9 Å². The van der Waals surface area contributed by atoms with Gasteiger partial charge in [0.05, 0.1) is 5.41 Å². The molecule has 9 atom stereocenters. The third-order valence-electron chi connectivity index (χ3n) is 13.1. The van der Waals surface area contributed by atoms with E-state index in [1.54, 1.807) is 0 Å². The van der Waals surface area contributed by atoms with Crippen LogP contribution in [0.1, 0.15) is 113 Å². The standard InChI is InChI=1S/C30H48O4/c1-18(2)19-10-15-30(25(32)33)17-16-28(6)20(24(19)30)8-9-22-27(5)13-12-23(31)34-26(3,4)21(27)11-14-29(22,28)7/h18-22,24H,8-17H2,1-7H3,(H,32,33)/t19-,20?,21?,22?,24?,27-,28+,29+,30-/m0/s1. The van der Waals surface area contributed by atoms with Crippen molar-refractivity contribution in [2.24, 2.45) is 57.2 Å². The molecular formula is C30H48O4. The smallest absolute Gasteiger partial charge is 0.309 e. The molecule has 4 saturated carbocycles. The summed E-state index contributed by atoms with van der Waals surface area (Å²) in [4.78, 5) is 25.4. The zero-order chi connectivity index (χ0) is 24.9. The average Bonchev–Trinajstić information content (AvgIpc) is 3.10. The maximum Gasteiger partial charge on any atom is 0.309 e. The Balaban J connectivity index is 1.57. The number of hydrogen-bond donors (Lipinski definition) is 1. The Hall–Kier alpha value is -1.06. The van der Waals surface area contributed by atoms with E-state index in [2.05, 4.69) is 48.5 Å². The molecule has 0 aromatic rings. The van der Waals surface area contributed by atoms with Crippen LogP contribution in [0.15, 0.2) is 0 Å². The first-order valence-electron chi connectivity index (χ1n) is 14.2. The molecule has 1 saturated heterocycles. The zero-order valence-electron chi connectivity index (χ0n) is 22.7. The fourth-order valence-corrected chi connectivity index (χ4v) is 11.4. The average molecular weight is 473 g/mol. The summed E-state index contributed by atoms with van der Waals surface area (Å²) in [6.07, 6.45) is 9.89. The van der Waals surface area contributed by atoms with Crippen LogP contribution in [0.5, 0.6) is 0 Å². The topological polar surface area (TPSA) is 63.6 Å². The highest BCUT2D eigenvalue weighted by atomic mass is 16.6. The third-order valence-corrected chi connectivity index (χ3v) is 13.1. The Labute approximate surface area is 207 Å². The predicted octanol–water partition coefficient (Wildman–Crippen LogP) is 7.10. The third kappa shape index (κ3) is 2.95. The highest BCUT2D eigenvalue weighted by Gasteiger charge is 2.71. The van der Waals surface area contributed by atoms with E-state index in [1.165, 1.54) is 12.8 Å². The first kappa shape index (κ1) is 24.6. The molecule has 1 aliphatic heterocycles. The summed E-state index contributed by atoms with van der Waals surface area (Å²) in [5.74, 6) is 2.26. The monoisotopic (exact) mass is 472 g/mol. The van der Waals surface area contributed by atoms with Gasteiger partial charge in [-0.1, -0.05) is 34.6 Å². The van der Waals surface area contributed by atoms with Crippen molar-refractivity contribution < 1.29 is 19.4 Å². The van der Waals surface area contributed by atoms with Gasteiger partial charge in [-0.25, -0.2) is 0 Å². The molecule has 5 rings (SSSR count). The molecule has 192 valence electrons. The summed E-state index contributed by atoms with van der Waals surface area (Å²) in [7, 11) is 0. The summed E-state index contributed by atoms with van der Waals surface area (Å²) >= 11 is 0. The molecule has 0 aromatic carbocycles. The number of hydrogen-bond acceptors (Lipinski definition) is 3. The maximum atomic E-state index is 12.8. The molecule has 0 amide bonds. The molecule has 1 N–H and O–H groups in total. The van der Waals surface area contributed by atoms with E-state index in [1.807, 2.05) is 0 Å². The fourth-order valence-electron chi connectivity index (χ4n) is 11.4. The Morgan fingerprint density at radius 2 is 1.59 bits per heavy atom. The molecule has 0 aromatic heterocycles. The van der Waals surface area contributed by atoms with Gasteiger partial charge in [0.2, 0.25) is 0 Å². The van der Waals surface area contributed by atoms with Crippen molar-refractivity contribution in [2.75, 3.05) is 0 Å². The molecular weight excluding hydrogens is 424 g/mol. The molecule has 4 heteroatoms. The SMILES string of the molecule is CC(C)[C@@H]1CC[C@]2(C(=O)O)CC[C@]3(C)C(CCC4[C@@]5(C)CCC(=O)OC(C)(C)C5CC[C@]43C)C12. The number of fused-ring (bicyclic) bond motifs is 7. The van der Waals surface area contributed by atoms with E-state index >= 15 is 0 Å². The van der Waals surface area contributed by atoms with Crippen LogP contribution < -0.4 is 0 Å². The number of ether oxygens (including phenoxy) is 1. The number of carboxylic acid groups (broad SMARTS) is 1. The minimum atomic E-state index is -0.521. The number of carbonyl (C=O) groups excluding carboxylic acids is 1. The van der Waals surface area contributed by atoms with Crippen LogP contribution in [0, 0.1) is 57.2 Å². The van der Waals surface area contributed by atoms with Crippen LogP contribution in [-0.4, -0.2) is 22.6 Å². The van der Waals surface area contributed by atoms with Crippen molar-refractivity contribution in [1.82, 2.24) is 0 Å². The van der Waals surface area contributed by atoms with Gasteiger partial charge in [0.15, 0.2) is 0 Å². The van der Waals surface area contributed by atoms with Crippen LogP contribution in [0.25, 0.3) is 0 Å². The van der Waals surface area contributed by atoms with E-state index in [9.17, 15) is 14.7 Å². The molecule has 5 fully saturated rings. The van der Waals surface area contributed by atoms with Crippen LogP contribution in [-0.2, 0) is 14.3 Å². The van der Waals surface area contributed by atoms with E-state index in [0.29, 0.717) is 41.9 Å². The fraction of sp³-hybridized carbons (Fsp3) is 0.933. The second kappa shape index (κ2) is 7.48. The Bertz CT molecular complexity index is 877. The maximum absolute atomic E-state index is 12.8. The van der Waals surface area contributed by atoms with Gasteiger partial charge in [0.25, 0.3) is 0 Å². The lowest BCUT2D eigenvalue weighted by molar-refractivity contribution is -0.236. The Morgan fingerprint density at radius 3 is 2.24 bits per heavy atom. The van der Waals surface area contributed by atoms with E-state index < -0.39 is 17.0 Å². The summed E-state index contributed by atoms with van der Waals surface area (Å²) in [6, 6.07) is 0. The summed E-state index contributed by atoms with van der Waals surface area (Å²) in [5, 5.41) is 10.5. The number of rotatable bonds is 2. The number of carboxylic acids is 1. The summed E-state index contributed by atoms with van der Waals surface area (Å²) in [5.41, 5.74) is -0.495. The van der Waals surface area contributed by atoms with Crippen LogP contribution in [0.4, 0.5) is 0 Å². The highest BCUT2D eigenvalue weighted by molar-refractivity contribution is 5.76. The van der Waals surface area contributed by atoms with E-state index in [0.717, 1.165) is 44.9 Å². The van der Waals surface area contributed by atoms with E-state index in [-0.39, 0.29) is 22.2 Å². The molecule has 0 radical (unpaired) electrons. The van der Waals surface area contributed by atoms with Crippen molar-refractivity contribution in [3.63, 3.8) is 0 Å². The molecule has 4 aliphatic carbocycles. The van der Waals surface area contributed by atoms with Crippen LogP contribution in [0.3, 0.4) is 0 Å². The zero-order valence-corrected chi connectivity index (χ0v) is 22.7. The van der Waals surface area contributed by atoms with Gasteiger partial charge in [0, 0.05) is 12.3 Å². The summed E-state index contributed by atoms with van der Waals surface area (Å²) in [6.45, 7) is 16.5. The first-order chi connectivity index (χ1) is 15.7. The van der Waals surface area contributed by atoms with Gasteiger partial charge in [-0.15, -0.1) is 0 Å². The molecule has 1 heterocycles. The first-order valence-corrected chi connectivity index (χ1v) is 14.2. The second-order valence-electron chi connectivity index (χ2n) is 14.7. The van der Waals surface area contributed by atoms with Crippen molar-refractivity contribution in [2.45, 2.75) is 118 Å². The lowest BCUT2D eigenvalue weighted by Crippen LogP contribution is -2.66. The van der Waals surface area contributed by atoms with Gasteiger partial charge in [-0.05, 0) is 117 Å². The molecule has 4 unspecified atom stereocenters. The van der Waals surface area contributed by atoms with Crippen LogP contribution in [0.2, 0.25) is 0 Å². The quantitative estimate of drug-likeness (QED) is 0.435. The van der Waals surface area contributed by atoms with Gasteiger partial charge in [-0.2, -0.15) is 0 Å². The van der Waals surface area contributed by atoms with Gasteiger partial charge < -0.3 is 9.84 Å². The number of aliphatic carboxylic acids is 1. The van der Waals surface area contributed by atoms with E-state index in [4.69, 9.17) is 4.74 Å². The molecule has 5 aliphatic rings. The molecule has 0 spiro atoms. The molecule has 4 nitrogen and oxygen atoms in total. The van der Waals surface area contributed by atoms with Crippen molar-refractivity contribution in [3.8, 4) is 0 Å². The lowest BCUT2D eigenvalue weighted by atomic mass is 9.33. The second-order valence-corrected chi connectivity index (χ2v) is 14.7. The van der Waals surface area contributed by atoms with Gasteiger partial charge in [-0.3, -0.25) is 9.59 Å². The largest absolute Gasteiger partial charge is 0.481 e.